The Morgan fingerprint density at radius 2 is 2.10 bits per heavy atom. The lowest BCUT2D eigenvalue weighted by molar-refractivity contribution is -0.384. The van der Waals surface area contributed by atoms with Crippen LogP contribution in [-0.4, -0.2) is 30.2 Å². The van der Waals surface area contributed by atoms with Gasteiger partial charge in [0.2, 0.25) is 0 Å². The first-order chi connectivity index (χ1) is 9.70. The van der Waals surface area contributed by atoms with Crippen LogP contribution in [0.2, 0.25) is 0 Å². The summed E-state index contributed by atoms with van der Waals surface area (Å²) >= 11 is 0. The number of nitro benzene ring substituents is 1. The Morgan fingerprint density at radius 3 is 2.85 bits per heavy atom. The van der Waals surface area contributed by atoms with Crippen LogP contribution < -0.4 is 4.74 Å². The Labute approximate surface area is 116 Å². The molecule has 2 rings (SSSR count). The molecule has 2 aromatic rings. The highest BCUT2D eigenvalue weighted by molar-refractivity contribution is 5.63. The molecule has 6 heteroatoms. The molecule has 0 bridgehead atoms. The number of methoxy groups -OCH3 is 1. The van der Waals surface area contributed by atoms with Crippen LogP contribution in [0.15, 0.2) is 42.6 Å². The number of rotatable bonds is 6. The molecule has 0 fully saturated rings. The Kier molecular flexibility index (Phi) is 4.62. The number of pyridine rings is 1. The number of ether oxygens (including phenoxy) is 2. The molecule has 1 heterocycles. The number of nitro groups is 1. The molecule has 0 saturated carbocycles. The van der Waals surface area contributed by atoms with Gasteiger partial charge in [0.15, 0.2) is 0 Å². The van der Waals surface area contributed by atoms with Crippen LogP contribution in [0.25, 0.3) is 11.3 Å². The van der Waals surface area contributed by atoms with Crippen LogP contribution in [0.3, 0.4) is 0 Å². The molecule has 1 aromatic carbocycles. The fourth-order valence-electron chi connectivity index (χ4n) is 1.68. The highest BCUT2D eigenvalue weighted by Gasteiger charge is 2.08. The molecule has 20 heavy (non-hydrogen) atoms. The van der Waals surface area contributed by atoms with E-state index in [9.17, 15) is 10.1 Å². The van der Waals surface area contributed by atoms with E-state index in [1.54, 1.807) is 37.6 Å². The zero-order valence-corrected chi connectivity index (χ0v) is 11.0. The molecular weight excluding hydrogens is 260 g/mol. The SMILES string of the molecule is COCCOc1ccnc(-c2cccc([N+](=O)[O-])c2)c1. The van der Waals surface area contributed by atoms with Gasteiger partial charge in [-0.05, 0) is 6.07 Å². The average molecular weight is 274 g/mol. The maximum absolute atomic E-state index is 10.8. The topological polar surface area (TPSA) is 74.5 Å². The van der Waals surface area contributed by atoms with Gasteiger partial charge in [0, 0.05) is 37.1 Å². The molecule has 0 atom stereocenters. The molecule has 0 saturated heterocycles. The molecule has 104 valence electrons. The Morgan fingerprint density at radius 1 is 1.25 bits per heavy atom. The third-order valence-electron chi connectivity index (χ3n) is 2.64. The van der Waals surface area contributed by atoms with Gasteiger partial charge in [0.25, 0.3) is 5.69 Å². The fourth-order valence-corrected chi connectivity index (χ4v) is 1.68. The zero-order chi connectivity index (χ0) is 14.4. The van der Waals surface area contributed by atoms with Crippen LogP contribution in [-0.2, 0) is 4.74 Å². The van der Waals surface area contributed by atoms with Crippen molar-refractivity contribution in [2.24, 2.45) is 0 Å². The second-order valence-corrected chi connectivity index (χ2v) is 4.03. The first kappa shape index (κ1) is 14.0. The Hall–Kier alpha value is -2.47. The van der Waals surface area contributed by atoms with E-state index in [-0.39, 0.29) is 5.69 Å². The summed E-state index contributed by atoms with van der Waals surface area (Å²) in [4.78, 5) is 14.5. The lowest BCUT2D eigenvalue weighted by Crippen LogP contribution is -2.04. The van der Waals surface area contributed by atoms with E-state index in [4.69, 9.17) is 9.47 Å². The summed E-state index contributed by atoms with van der Waals surface area (Å²) in [7, 11) is 1.60. The number of aromatic nitrogens is 1. The average Bonchev–Trinajstić information content (AvgIpc) is 2.48. The predicted molar refractivity (Wildman–Crippen MR) is 73.7 cm³/mol. The van der Waals surface area contributed by atoms with Gasteiger partial charge in [0.05, 0.1) is 17.2 Å². The van der Waals surface area contributed by atoms with Gasteiger partial charge in [0.1, 0.15) is 12.4 Å². The van der Waals surface area contributed by atoms with Gasteiger partial charge < -0.3 is 9.47 Å². The van der Waals surface area contributed by atoms with Gasteiger partial charge in [-0.15, -0.1) is 0 Å². The number of non-ortho nitro benzene ring substituents is 1. The molecule has 0 spiro atoms. The summed E-state index contributed by atoms with van der Waals surface area (Å²) in [6, 6.07) is 9.82. The van der Waals surface area contributed by atoms with Crippen molar-refractivity contribution >= 4 is 5.69 Å². The number of hydrogen-bond donors (Lipinski definition) is 0. The number of hydrogen-bond acceptors (Lipinski definition) is 5. The van der Waals surface area contributed by atoms with Crippen LogP contribution in [0.1, 0.15) is 0 Å². The third-order valence-corrected chi connectivity index (χ3v) is 2.64. The maximum Gasteiger partial charge on any atom is 0.270 e. The molecule has 6 nitrogen and oxygen atoms in total. The normalized spacial score (nSPS) is 10.2. The van der Waals surface area contributed by atoms with Crippen molar-refractivity contribution in [3.8, 4) is 17.0 Å². The summed E-state index contributed by atoms with van der Waals surface area (Å²) in [5, 5.41) is 10.8. The van der Waals surface area contributed by atoms with Gasteiger partial charge in [-0.3, -0.25) is 15.1 Å². The minimum Gasteiger partial charge on any atom is -0.491 e. The quantitative estimate of drug-likeness (QED) is 0.460. The molecule has 0 aliphatic carbocycles. The molecule has 1 aromatic heterocycles. The lowest BCUT2D eigenvalue weighted by Gasteiger charge is -2.07. The third kappa shape index (κ3) is 3.52. The standard InChI is InChI=1S/C14H14N2O4/c1-19-7-8-20-13-5-6-15-14(10-13)11-3-2-4-12(9-11)16(17)18/h2-6,9-10H,7-8H2,1H3. The highest BCUT2D eigenvalue weighted by Crippen LogP contribution is 2.24. The van der Waals surface area contributed by atoms with Crippen molar-refractivity contribution in [1.29, 1.82) is 0 Å². The molecule has 0 aliphatic rings. The molecular formula is C14H14N2O4. The van der Waals surface area contributed by atoms with Gasteiger partial charge >= 0.3 is 0 Å². The van der Waals surface area contributed by atoms with E-state index >= 15 is 0 Å². The summed E-state index contributed by atoms with van der Waals surface area (Å²) in [5.41, 5.74) is 1.34. The molecule has 0 radical (unpaired) electrons. The van der Waals surface area contributed by atoms with Crippen molar-refractivity contribution in [1.82, 2.24) is 4.98 Å². The van der Waals surface area contributed by atoms with Crippen LogP contribution in [0, 0.1) is 10.1 Å². The van der Waals surface area contributed by atoms with Crippen molar-refractivity contribution in [3.63, 3.8) is 0 Å². The summed E-state index contributed by atoms with van der Waals surface area (Å²) in [6.45, 7) is 0.934. The summed E-state index contributed by atoms with van der Waals surface area (Å²) in [5.74, 6) is 0.651. The zero-order valence-electron chi connectivity index (χ0n) is 11.0. The van der Waals surface area contributed by atoms with Crippen LogP contribution in [0.4, 0.5) is 5.69 Å². The lowest BCUT2D eigenvalue weighted by atomic mass is 10.1. The smallest absolute Gasteiger partial charge is 0.270 e. The predicted octanol–water partition coefficient (Wildman–Crippen LogP) is 2.68. The highest BCUT2D eigenvalue weighted by atomic mass is 16.6. The Bertz CT molecular complexity index is 601. The Balaban J connectivity index is 2.22. The monoisotopic (exact) mass is 274 g/mol. The largest absolute Gasteiger partial charge is 0.491 e. The van der Waals surface area contributed by atoms with E-state index in [2.05, 4.69) is 4.98 Å². The fraction of sp³-hybridized carbons (Fsp3) is 0.214. The summed E-state index contributed by atoms with van der Waals surface area (Å²) in [6.07, 6.45) is 1.61. The molecule has 0 amide bonds. The van der Waals surface area contributed by atoms with E-state index < -0.39 is 4.92 Å². The van der Waals surface area contributed by atoms with Gasteiger partial charge in [-0.1, -0.05) is 12.1 Å². The first-order valence-electron chi connectivity index (χ1n) is 6.03. The van der Waals surface area contributed by atoms with E-state index in [1.807, 2.05) is 0 Å². The van der Waals surface area contributed by atoms with Crippen molar-refractivity contribution in [3.05, 3.63) is 52.7 Å². The minimum atomic E-state index is -0.428. The number of benzene rings is 1. The number of nitrogens with zero attached hydrogens (tertiary/aromatic N) is 2. The first-order valence-corrected chi connectivity index (χ1v) is 6.03. The second kappa shape index (κ2) is 6.63. The van der Waals surface area contributed by atoms with Gasteiger partial charge in [-0.25, -0.2) is 0 Å². The van der Waals surface area contributed by atoms with E-state index in [0.717, 1.165) is 0 Å². The van der Waals surface area contributed by atoms with Crippen LogP contribution >= 0.6 is 0 Å². The van der Waals surface area contributed by atoms with Crippen molar-refractivity contribution < 1.29 is 14.4 Å². The van der Waals surface area contributed by atoms with Crippen molar-refractivity contribution in [2.45, 2.75) is 0 Å². The molecule has 0 N–H and O–H groups in total. The second-order valence-electron chi connectivity index (χ2n) is 4.03. The summed E-state index contributed by atoms with van der Waals surface area (Å²) < 4.78 is 10.4. The van der Waals surface area contributed by atoms with E-state index in [0.29, 0.717) is 30.2 Å². The van der Waals surface area contributed by atoms with E-state index in [1.165, 1.54) is 12.1 Å². The maximum atomic E-state index is 10.8. The van der Waals surface area contributed by atoms with Crippen molar-refractivity contribution in [2.75, 3.05) is 20.3 Å². The van der Waals surface area contributed by atoms with Crippen LogP contribution in [0.5, 0.6) is 5.75 Å². The molecule has 0 aliphatic heterocycles. The van der Waals surface area contributed by atoms with Gasteiger partial charge in [-0.2, -0.15) is 0 Å². The molecule has 0 unspecified atom stereocenters. The minimum absolute atomic E-state index is 0.0370.